The molecule has 0 atom stereocenters. The van der Waals surface area contributed by atoms with Gasteiger partial charge in [0, 0.05) is 0 Å². The molecule has 1 rings (SSSR count). The minimum atomic E-state index is 0.200. The molecule has 1 aromatic heterocycles. The lowest BCUT2D eigenvalue weighted by Crippen LogP contribution is -1.97. The molecule has 0 radical (unpaired) electrons. The number of rotatable bonds is 0. The van der Waals surface area contributed by atoms with Crippen molar-refractivity contribution in [2.45, 2.75) is 6.92 Å². The largest absolute Gasteiger partial charge is 0.237 e. The lowest BCUT2D eigenvalue weighted by Gasteiger charge is -1.97. The quantitative estimate of drug-likeness (QED) is 0.664. The summed E-state index contributed by atoms with van der Waals surface area (Å²) >= 11 is 3.04. The summed E-state index contributed by atoms with van der Waals surface area (Å²) in [5.41, 5.74) is 0.907. The first kappa shape index (κ1) is 8.63. The van der Waals surface area contributed by atoms with Crippen LogP contribution in [0.3, 0.4) is 0 Å². The molecule has 0 amide bonds. The maximum absolute atomic E-state index is 8.55. The van der Waals surface area contributed by atoms with Crippen LogP contribution in [-0.4, -0.2) is 9.97 Å². The number of nitrogens with zero attached hydrogens (tertiary/aromatic N) is 4. The molecule has 0 aliphatic heterocycles. The van der Waals surface area contributed by atoms with E-state index in [1.54, 1.807) is 6.92 Å². The predicted molar refractivity (Wildman–Crippen MR) is 43.9 cm³/mol. The van der Waals surface area contributed by atoms with Gasteiger partial charge >= 0.3 is 0 Å². The molecule has 0 aliphatic carbocycles. The number of hydrogen-bond donors (Lipinski definition) is 0. The van der Waals surface area contributed by atoms with Crippen LogP contribution in [0.1, 0.15) is 17.1 Å². The minimum Gasteiger partial charge on any atom is -0.237 e. The Morgan fingerprint density at radius 2 is 1.75 bits per heavy atom. The molecule has 0 bridgehead atoms. The molecule has 0 spiro atoms. The molecule has 58 valence electrons. The summed E-state index contributed by atoms with van der Waals surface area (Å²) in [4.78, 5) is 7.70. The number of halogens is 1. The molecule has 0 unspecified atom stereocenters. The van der Waals surface area contributed by atoms with Gasteiger partial charge in [-0.2, -0.15) is 10.5 Å². The Bertz CT molecular complexity index is 359. The molecular weight excluding hydrogens is 220 g/mol. The molecule has 4 nitrogen and oxygen atoms in total. The van der Waals surface area contributed by atoms with Gasteiger partial charge in [-0.3, -0.25) is 0 Å². The van der Waals surface area contributed by atoms with Gasteiger partial charge in [0.05, 0.1) is 5.69 Å². The van der Waals surface area contributed by atoms with E-state index in [-0.39, 0.29) is 11.4 Å². The summed E-state index contributed by atoms with van der Waals surface area (Å²) in [5.74, 6) is 0. The normalized spacial score (nSPS) is 8.67. The van der Waals surface area contributed by atoms with E-state index in [2.05, 4.69) is 25.9 Å². The molecule has 0 aromatic carbocycles. The van der Waals surface area contributed by atoms with Crippen molar-refractivity contribution in [2.24, 2.45) is 0 Å². The van der Waals surface area contributed by atoms with Crippen LogP contribution in [-0.2, 0) is 0 Å². The van der Waals surface area contributed by atoms with Crippen LogP contribution in [0.4, 0.5) is 0 Å². The molecule has 1 aromatic rings. The summed E-state index contributed by atoms with van der Waals surface area (Å²) < 4.78 is 0.312. The smallest absolute Gasteiger partial charge is 0.173 e. The highest BCUT2D eigenvalue weighted by Crippen LogP contribution is 2.12. The van der Waals surface area contributed by atoms with Gasteiger partial charge in [-0.25, -0.2) is 9.97 Å². The Hall–Kier alpha value is -1.46. The van der Waals surface area contributed by atoms with E-state index in [0.29, 0.717) is 10.3 Å². The van der Waals surface area contributed by atoms with Gasteiger partial charge < -0.3 is 0 Å². The Labute approximate surface area is 77.6 Å². The monoisotopic (exact) mass is 222 g/mol. The molecular formula is C7H3BrN4. The SMILES string of the molecule is Cc1nc(C#N)c(Br)nc1C#N. The highest BCUT2D eigenvalue weighted by molar-refractivity contribution is 9.10. The lowest BCUT2D eigenvalue weighted by atomic mass is 10.3. The second kappa shape index (κ2) is 3.29. The second-order valence-electron chi connectivity index (χ2n) is 2.02. The maximum atomic E-state index is 8.55. The highest BCUT2D eigenvalue weighted by atomic mass is 79.9. The van der Waals surface area contributed by atoms with Crippen LogP contribution >= 0.6 is 15.9 Å². The van der Waals surface area contributed by atoms with Gasteiger partial charge in [0.2, 0.25) is 0 Å². The maximum Gasteiger partial charge on any atom is 0.173 e. The summed E-state index contributed by atoms with van der Waals surface area (Å²) in [6.07, 6.45) is 0. The summed E-state index contributed by atoms with van der Waals surface area (Å²) in [5, 5.41) is 17.1. The van der Waals surface area contributed by atoms with Crippen LogP contribution in [0.2, 0.25) is 0 Å². The first-order valence-corrected chi connectivity index (χ1v) is 3.82. The van der Waals surface area contributed by atoms with E-state index in [9.17, 15) is 0 Å². The van der Waals surface area contributed by atoms with Crippen molar-refractivity contribution in [3.05, 3.63) is 21.7 Å². The standard InChI is InChI=1S/C7H3BrN4/c1-4-5(2-9)12-7(8)6(3-10)11-4/h1H3. The van der Waals surface area contributed by atoms with E-state index < -0.39 is 0 Å². The molecule has 0 N–H and O–H groups in total. The van der Waals surface area contributed by atoms with E-state index in [1.807, 2.05) is 12.1 Å². The van der Waals surface area contributed by atoms with Crippen molar-refractivity contribution in [3.63, 3.8) is 0 Å². The Morgan fingerprint density at radius 3 is 2.25 bits per heavy atom. The average molecular weight is 223 g/mol. The fraction of sp³-hybridized carbons (Fsp3) is 0.143. The fourth-order valence-corrected chi connectivity index (χ4v) is 1.03. The summed E-state index contributed by atoms with van der Waals surface area (Å²) in [7, 11) is 0. The molecule has 1 heterocycles. The third kappa shape index (κ3) is 1.41. The van der Waals surface area contributed by atoms with Crippen LogP contribution < -0.4 is 0 Å². The van der Waals surface area contributed by atoms with Crippen LogP contribution in [0.25, 0.3) is 0 Å². The molecule has 12 heavy (non-hydrogen) atoms. The van der Waals surface area contributed by atoms with Gasteiger partial charge in [0.25, 0.3) is 0 Å². The lowest BCUT2D eigenvalue weighted by molar-refractivity contribution is 1.04. The zero-order valence-corrected chi connectivity index (χ0v) is 7.75. The van der Waals surface area contributed by atoms with Gasteiger partial charge in [0.15, 0.2) is 11.4 Å². The van der Waals surface area contributed by atoms with Crippen LogP contribution in [0.15, 0.2) is 4.60 Å². The highest BCUT2D eigenvalue weighted by Gasteiger charge is 2.07. The molecule has 0 fully saturated rings. The van der Waals surface area contributed by atoms with E-state index in [0.717, 1.165) is 0 Å². The van der Waals surface area contributed by atoms with Crippen molar-refractivity contribution < 1.29 is 0 Å². The minimum absolute atomic E-state index is 0.200. The summed E-state index contributed by atoms with van der Waals surface area (Å²) in [6.45, 7) is 1.64. The molecule has 0 saturated heterocycles. The Morgan fingerprint density at radius 1 is 1.17 bits per heavy atom. The van der Waals surface area contributed by atoms with Crippen molar-refractivity contribution >= 4 is 15.9 Å². The first-order valence-electron chi connectivity index (χ1n) is 3.03. The van der Waals surface area contributed by atoms with E-state index >= 15 is 0 Å². The zero-order chi connectivity index (χ0) is 9.14. The predicted octanol–water partition coefficient (Wildman–Crippen LogP) is 1.29. The van der Waals surface area contributed by atoms with Crippen molar-refractivity contribution in [1.29, 1.82) is 10.5 Å². The summed E-state index contributed by atoms with van der Waals surface area (Å²) in [6, 6.07) is 3.73. The van der Waals surface area contributed by atoms with Crippen LogP contribution in [0, 0.1) is 29.6 Å². The molecule has 0 aliphatic rings. The van der Waals surface area contributed by atoms with E-state index in [4.69, 9.17) is 10.5 Å². The first-order chi connectivity index (χ1) is 5.69. The van der Waals surface area contributed by atoms with Gasteiger partial charge in [-0.15, -0.1) is 0 Å². The van der Waals surface area contributed by atoms with Crippen molar-refractivity contribution in [1.82, 2.24) is 9.97 Å². The van der Waals surface area contributed by atoms with Crippen molar-refractivity contribution in [2.75, 3.05) is 0 Å². The Kier molecular flexibility index (Phi) is 2.37. The average Bonchev–Trinajstić information content (AvgIpc) is 2.08. The number of hydrogen-bond acceptors (Lipinski definition) is 4. The molecule has 0 saturated carbocycles. The third-order valence-electron chi connectivity index (χ3n) is 1.24. The second-order valence-corrected chi connectivity index (χ2v) is 2.77. The van der Waals surface area contributed by atoms with Crippen molar-refractivity contribution in [3.8, 4) is 12.1 Å². The van der Waals surface area contributed by atoms with E-state index in [1.165, 1.54) is 0 Å². The van der Waals surface area contributed by atoms with Crippen LogP contribution in [0.5, 0.6) is 0 Å². The number of nitriles is 2. The topological polar surface area (TPSA) is 73.4 Å². The zero-order valence-electron chi connectivity index (χ0n) is 6.17. The van der Waals surface area contributed by atoms with Gasteiger partial charge in [-0.1, -0.05) is 0 Å². The molecule has 5 heteroatoms. The number of aryl methyl sites for hydroxylation is 1. The fourth-order valence-electron chi connectivity index (χ4n) is 0.676. The van der Waals surface area contributed by atoms with Gasteiger partial charge in [-0.05, 0) is 22.9 Å². The number of aromatic nitrogens is 2. The van der Waals surface area contributed by atoms with Gasteiger partial charge in [0.1, 0.15) is 16.7 Å². The Balaban J connectivity index is 3.41. The third-order valence-corrected chi connectivity index (χ3v) is 1.79.